The molecule has 0 aromatic carbocycles. The number of carboxylic acids is 1. The van der Waals surface area contributed by atoms with E-state index in [0.29, 0.717) is 0 Å². The number of thiophene rings is 1. The minimum Gasteiger partial charge on any atom is -0.480 e. The molecule has 0 aliphatic rings. The monoisotopic (exact) mass is 335 g/mol. The van der Waals surface area contributed by atoms with Crippen LogP contribution in [0.1, 0.15) is 10.4 Å². The predicted molar refractivity (Wildman–Crippen MR) is 63.9 cm³/mol. The van der Waals surface area contributed by atoms with Crippen LogP contribution in [0.3, 0.4) is 0 Å². The first kappa shape index (κ1) is 16.1. The second-order valence-electron chi connectivity index (χ2n) is 3.41. The van der Waals surface area contributed by atoms with Crippen molar-refractivity contribution in [3.8, 4) is 0 Å². The highest BCUT2D eigenvalue weighted by Crippen LogP contribution is 2.32. The van der Waals surface area contributed by atoms with E-state index in [9.17, 15) is 22.8 Å². The first-order chi connectivity index (χ1) is 8.60. The third kappa shape index (κ3) is 4.88. The van der Waals surface area contributed by atoms with Crippen LogP contribution < -0.4 is 0 Å². The molecule has 1 aromatic heterocycles. The van der Waals surface area contributed by atoms with E-state index in [1.165, 1.54) is 0 Å². The number of carboxylic acid groups (broad SMARTS) is 1. The van der Waals surface area contributed by atoms with Gasteiger partial charge in [-0.2, -0.15) is 13.2 Å². The van der Waals surface area contributed by atoms with E-state index in [4.69, 9.17) is 28.3 Å². The van der Waals surface area contributed by atoms with Crippen LogP contribution in [0.15, 0.2) is 6.07 Å². The Morgan fingerprint density at radius 3 is 2.32 bits per heavy atom. The number of hydrogen-bond donors (Lipinski definition) is 1. The van der Waals surface area contributed by atoms with Crippen molar-refractivity contribution in [3.63, 3.8) is 0 Å². The van der Waals surface area contributed by atoms with Gasteiger partial charge in [0.25, 0.3) is 5.91 Å². The number of carbonyl (C=O) groups excluding carboxylic acids is 1. The quantitative estimate of drug-likeness (QED) is 0.919. The molecule has 4 nitrogen and oxygen atoms in total. The average molecular weight is 336 g/mol. The summed E-state index contributed by atoms with van der Waals surface area (Å²) in [6.45, 7) is -2.76. The lowest BCUT2D eigenvalue weighted by atomic mass is 10.3. The van der Waals surface area contributed by atoms with Crippen molar-refractivity contribution >= 4 is 46.4 Å². The zero-order chi connectivity index (χ0) is 14.8. The molecule has 106 valence electrons. The summed E-state index contributed by atoms with van der Waals surface area (Å²) in [6.07, 6.45) is -4.71. The molecule has 19 heavy (non-hydrogen) atoms. The fourth-order valence-corrected chi connectivity index (χ4v) is 2.68. The van der Waals surface area contributed by atoms with Gasteiger partial charge in [0.05, 0.1) is 9.90 Å². The number of hydrogen-bond acceptors (Lipinski definition) is 3. The lowest BCUT2D eigenvalue weighted by molar-refractivity contribution is -0.149. The van der Waals surface area contributed by atoms with Gasteiger partial charge in [0, 0.05) is 0 Å². The Morgan fingerprint density at radius 2 is 1.95 bits per heavy atom. The molecule has 1 aromatic rings. The molecule has 0 unspecified atom stereocenters. The lowest BCUT2D eigenvalue weighted by Gasteiger charge is -2.21. The first-order valence-electron chi connectivity index (χ1n) is 4.63. The number of amides is 1. The summed E-state index contributed by atoms with van der Waals surface area (Å²) < 4.78 is 36.9. The highest BCUT2D eigenvalue weighted by molar-refractivity contribution is 7.20. The maximum Gasteiger partial charge on any atom is 0.406 e. The van der Waals surface area contributed by atoms with E-state index in [2.05, 4.69) is 0 Å². The highest BCUT2D eigenvalue weighted by Gasteiger charge is 2.35. The summed E-state index contributed by atoms with van der Waals surface area (Å²) >= 11 is 12.0. The first-order valence-corrected chi connectivity index (χ1v) is 6.20. The third-order valence-corrected chi connectivity index (χ3v) is 3.36. The van der Waals surface area contributed by atoms with Gasteiger partial charge >= 0.3 is 12.1 Å². The molecule has 0 aliphatic carbocycles. The summed E-state index contributed by atoms with van der Waals surface area (Å²) in [4.78, 5) is 22.5. The fourth-order valence-electron chi connectivity index (χ4n) is 1.24. The van der Waals surface area contributed by atoms with Gasteiger partial charge < -0.3 is 10.0 Å². The smallest absolute Gasteiger partial charge is 0.406 e. The Balaban J connectivity index is 3.00. The molecule has 0 saturated carbocycles. The molecular weight excluding hydrogens is 330 g/mol. The van der Waals surface area contributed by atoms with E-state index >= 15 is 0 Å². The van der Waals surface area contributed by atoms with Crippen LogP contribution in [0.2, 0.25) is 8.67 Å². The SMILES string of the molecule is O=C(O)CN(CC(F)(F)F)C(=O)c1cc(Cl)sc1Cl. The Morgan fingerprint density at radius 1 is 1.37 bits per heavy atom. The van der Waals surface area contributed by atoms with Gasteiger partial charge in [-0.05, 0) is 6.07 Å². The molecule has 0 spiro atoms. The number of aliphatic carboxylic acids is 1. The van der Waals surface area contributed by atoms with Gasteiger partial charge in [-0.15, -0.1) is 11.3 Å². The summed E-state index contributed by atoms with van der Waals surface area (Å²) in [5.41, 5.74) is -0.248. The number of rotatable bonds is 4. The topological polar surface area (TPSA) is 57.6 Å². The molecule has 0 saturated heterocycles. The molecule has 10 heteroatoms. The van der Waals surface area contributed by atoms with Gasteiger partial charge in [-0.25, -0.2) is 0 Å². The minimum atomic E-state index is -4.71. The van der Waals surface area contributed by atoms with Crippen LogP contribution in [0, 0.1) is 0 Å². The van der Waals surface area contributed by atoms with Crippen molar-refractivity contribution in [2.45, 2.75) is 6.18 Å². The summed E-state index contributed by atoms with van der Waals surface area (Å²) in [7, 11) is 0. The normalized spacial score (nSPS) is 11.4. The van der Waals surface area contributed by atoms with Crippen LogP contribution >= 0.6 is 34.5 Å². The molecular formula is C9H6Cl2F3NO3S. The Hall–Kier alpha value is -0.990. The zero-order valence-electron chi connectivity index (χ0n) is 9.00. The molecule has 1 rings (SSSR count). The molecule has 1 N–H and O–H groups in total. The van der Waals surface area contributed by atoms with Gasteiger partial charge in [0.15, 0.2) is 0 Å². The summed E-state index contributed by atoms with van der Waals surface area (Å²) in [5, 5.41) is 8.53. The van der Waals surface area contributed by atoms with Gasteiger partial charge in [-0.1, -0.05) is 23.2 Å². The Bertz CT molecular complexity index is 503. The standard InChI is InChI=1S/C9H6Cl2F3NO3S/c10-5-1-4(7(11)19-5)8(18)15(2-6(16)17)3-9(12,13)14/h1H,2-3H2,(H,16,17). The third-order valence-electron chi connectivity index (χ3n) is 1.87. The number of carbonyl (C=O) groups is 2. The molecule has 0 fully saturated rings. The van der Waals surface area contributed by atoms with Gasteiger partial charge in [0.1, 0.15) is 17.4 Å². The maximum atomic E-state index is 12.3. The van der Waals surface area contributed by atoms with Crippen LogP contribution in [0.25, 0.3) is 0 Å². The molecule has 0 atom stereocenters. The van der Waals surface area contributed by atoms with E-state index in [1.807, 2.05) is 0 Å². The van der Waals surface area contributed by atoms with Gasteiger partial charge in [0.2, 0.25) is 0 Å². The Kier molecular flexibility index (Phi) is 5.05. The van der Waals surface area contributed by atoms with Crippen molar-refractivity contribution in [3.05, 3.63) is 20.3 Å². The summed E-state index contributed by atoms with van der Waals surface area (Å²) in [5.74, 6) is -2.69. The molecule has 0 aliphatic heterocycles. The second kappa shape index (κ2) is 5.98. The van der Waals surface area contributed by atoms with Crippen molar-refractivity contribution in [1.29, 1.82) is 0 Å². The van der Waals surface area contributed by atoms with E-state index < -0.39 is 31.1 Å². The average Bonchev–Trinajstić information content (AvgIpc) is 2.53. The largest absolute Gasteiger partial charge is 0.480 e. The molecule has 1 heterocycles. The van der Waals surface area contributed by atoms with Crippen molar-refractivity contribution < 1.29 is 27.9 Å². The van der Waals surface area contributed by atoms with Crippen LogP contribution in [-0.2, 0) is 4.79 Å². The van der Waals surface area contributed by atoms with Crippen molar-refractivity contribution in [2.75, 3.05) is 13.1 Å². The van der Waals surface area contributed by atoms with E-state index in [1.54, 1.807) is 0 Å². The molecule has 0 bridgehead atoms. The number of alkyl halides is 3. The molecule has 1 amide bonds. The van der Waals surface area contributed by atoms with Crippen molar-refractivity contribution in [1.82, 2.24) is 4.90 Å². The predicted octanol–water partition coefficient (Wildman–Crippen LogP) is 3.14. The van der Waals surface area contributed by atoms with Crippen LogP contribution in [0.5, 0.6) is 0 Å². The van der Waals surface area contributed by atoms with Crippen LogP contribution in [-0.4, -0.2) is 41.1 Å². The van der Waals surface area contributed by atoms with Crippen molar-refractivity contribution in [2.24, 2.45) is 0 Å². The van der Waals surface area contributed by atoms with Gasteiger partial charge in [-0.3, -0.25) is 9.59 Å². The zero-order valence-corrected chi connectivity index (χ0v) is 11.3. The fraction of sp³-hybridized carbons (Fsp3) is 0.333. The summed E-state index contributed by atoms with van der Waals surface area (Å²) in [6, 6.07) is 1.10. The van der Waals surface area contributed by atoms with Crippen LogP contribution in [0.4, 0.5) is 13.2 Å². The molecule has 0 radical (unpaired) electrons. The number of halogens is 5. The lowest BCUT2D eigenvalue weighted by Crippen LogP contribution is -2.42. The number of nitrogens with zero attached hydrogens (tertiary/aromatic N) is 1. The highest BCUT2D eigenvalue weighted by atomic mass is 35.5. The van der Waals surface area contributed by atoms with E-state index in [-0.39, 0.29) is 19.1 Å². The minimum absolute atomic E-state index is 0.0902. The maximum absolute atomic E-state index is 12.3. The van der Waals surface area contributed by atoms with E-state index in [0.717, 1.165) is 17.4 Å². The Labute approximate surface area is 119 Å². The second-order valence-corrected chi connectivity index (χ2v) is 5.69.